The Balaban J connectivity index is 2.08. The smallest absolute Gasteiger partial charge is 0.305 e. The van der Waals surface area contributed by atoms with Crippen molar-refractivity contribution in [2.75, 3.05) is 6.54 Å². The van der Waals surface area contributed by atoms with Crippen LogP contribution in [0.5, 0.6) is 0 Å². The molecule has 0 saturated heterocycles. The molecular weight excluding hydrogens is 196 g/mol. The van der Waals surface area contributed by atoms with E-state index in [2.05, 4.69) is 5.32 Å². The van der Waals surface area contributed by atoms with Gasteiger partial charge in [0.1, 0.15) is 0 Å². The van der Waals surface area contributed by atoms with Crippen molar-refractivity contribution < 1.29 is 14.7 Å². The van der Waals surface area contributed by atoms with Gasteiger partial charge in [-0.1, -0.05) is 19.3 Å². The van der Waals surface area contributed by atoms with Crippen LogP contribution in [0.4, 0.5) is 0 Å². The maximum absolute atomic E-state index is 11.3. The second-order valence-corrected chi connectivity index (χ2v) is 4.08. The summed E-state index contributed by atoms with van der Waals surface area (Å²) in [4.78, 5) is 21.6. The van der Waals surface area contributed by atoms with Crippen molar-refractivity contribution in [3.8, 4) is 0 Å². The van der Waals surface area contributed by atoms with Crippen LogP contribution in [0, 0.1) is 5.92 Å². The van der Waals surface area contributed by atoms with Crippen molar-refractivity contribution in [1.82, 2.24) is 5.32 Å². The topological polar surface area (TPSA) is 92.4 Å². The maximum Gasteiger partial charge on any atom is 0.305 e. The van der Waals surface area contributed by atoms with E-state index in [1.165, 1.54) is 19.3 Å². The SMILES string of the molecule is NC(CC(=O)O)C(=O)NCCC1CCC1. The fourth-order valence-corrected chi connectivity index (χ4v) is 1.59. The summed E-state index contributed by atoms with van der Waals surface area (Å²) in [6, 6.07) is -0.927. The number of hydrogen-bond donors (Lipinski definition) is 3. The largest absolute Gasteiger partial charge is 0.481 e. The van der Waals surface area contributed by atoms with Gasteiger partial charge in [0, 0.05) is 6.54 Å². The first-order valence-electron chi connectivity index (χ1n) is 5.34. The Hall–Kier alpha value is -1.10. The maximum atomic E-state index is 11.3. The van der Waals surface area contributed by atoms with E-state index >= 15 is 0 Å². The first-order chi connectivity index (χ1) is 7.09. The van der Waals surface area contributed by atoms with Gasteiger partial charge in [-0.15, -0.1) is 0 Å². The third kappa shape index (κ3) is 4.29. The van der Waals surface area contributed by atoms with Gasteiger partial charge in [-0.25, -0.2) is 0 Å². The van der Waals surface area contributed by atoms with Crippen LogP contribution in [0.1, 0.15) is 32.1 Å². The Labute approximate surface area is 89.0 Å². The zero-order valence-corrected chi connectivity index (χ0v) is 8.74. The highest BCUT2D eigenvalue weighted by molar-refractivity contribution is 5.85. The minimum absolute atomic E-state index is 0.310. The molecule has 0 aromatic heterocycles. The Bertz CT molecular complexity index is 239. The van der Waals surface area contributed by atoms with Crippen molar-refractivity contribution in [2.45, 2.75) is 38.1 Å². The molecule has 1 fully saturated rings. The summed E-state index contributed by atoms with van der Waals surface area (Å²) in [6.07, 6.45) is 4.45. The molecule has 1 amide bonds. The van der Waals surface area contributed by atoms with Gasteiger partial charge in [0.05, 0.1) is 12.5 Å². The van der Waals surface area contributed by atoms with E-state index < -0.39 is 12.0 Å². The Morgan fingerprint density at radius 1 is 1.47 bits per heavy atom. The first-order valence-corrected chi connectivity index (χ1v) is 5.34. The first kappa shape index (κ1) is 12.0. The number of carbonyl (C=O) groups is 2. The third-order valence-electron chi connectivity index (χ3n) is 2.81. The number of rotatable bonds is 6. The second-order valence-electron chi connectivity index (χ2n) is 4.08. The molecule has 5 nitrogen and oxygen atoms in total. The van der Waals surface area contributed by atoms with Crippen LogP contribution in [0.2, 0.25) is 0 Å². The molecule has 1 saturated carbocycles. The predicted molar refractivity (Wildman–Crippen MR) is 55.2 cm³/mol. The second kappa shape index (κ2) is 5.70. The lowest BCUT2D eigenvalue weighted by Crippen LogP contribution is -2.42. The minimum atomic E-state index is -1.04. The molecule has 86 valence electrons. The minimum Gasteiger partial charge on any atom is -0.481 e. The highest BCUT2D eigenvalue weighted by Crippen LogP contribution is 2.28. The van der Waals surface area contributed by atoms with E-state index in [1.54, 1.807) is 0 Å². The Kier molecular flexibility index (Phi) is 4.55. The zero-order chi connectivity index (χ0) is 11.3. The molecule has 4 N–H and O–H groups in total. The van der Waals surface area contributed by atoms with Crippen LogP contribution in [0.25, 0.3) is 0 Å². The van der Waals surface area contributed by atoms with Crippen LogP contribution in [-0.4, -0.2) is 29.6 Å². The highest BCUT2D eigenvalue weighted by atomic mass is 16.4. The number of aliphatic carboxylic acids is 1. The number of nitrogens with one attached hydrogen (secondary N) is 1. The normalized spacial score (nSPS) is 17.9. The molecule has 0 heterocycles. The van der Waals surface area contributed by atoms with Crippen molar-refractivity contribution >= 4 is 11.9 Å². The van der Waals surface area contributed by atoms with E-state index in [4.69, 9.17) is 10.8 Å². The molecule has 1 atom stereocenters. The molecule has 0 spiro atoms. The van der Waals surface area contributed by atoms with E-state index in [-0.39, 0.29) is 12.3 Å². The van der Waals surface area contributed by atoms with Gasteiger partial charge in [0.25, 0.3) is 0 Å². The number of nitrogens with two attached hydrogens (primary N) is 1. The molecule has 5 heteroatoms. The molecular formula is C10H18N2O3. The Morgan fingerprint density at radius 2 is 2.13 bits per heavy atom. The van der Waals surface area contributed by atoms with Gasteiger partial charge in [-0.05, 0) is 12.3 Å². The lowest BCUT2D eigenvalue weighted by molar-refractivity contribution is -0.139. The quantitative estimate of drug-likeness (QED) is 0.584. The fourth-order valence-electron chi connectivity index (χ4n) is 1.59. The lowest BCUT2D eigenvalue weighted by Gasteiger charge is -2.25. The van der Waals surface area contributed by atoms with E-state index in [0.717, 1.165) is 12.3 Å². The standard InChI is InChI=1S/C10H18N2O3/c11-8(6-9(13)14)10(15)12-5-4-7-2-1-3-7/h7-8H,1-6,11H2,(H,12,15)(H,13,14). The molecule has 1 aliphatic rings. The molecule has 0 radical (unpaired) electrons. The monoisotopic (exact) mass is 214 g/mol. The predicted octanol–water partition coefficient (Wildman–Crippen LogP) is 0.0948. The average molecular weight is 214 g/mol. The number of carboxylic acids is 1. The van der Waals surface area contributed by atoms with Crippen LogP contribution >= 0.6 is 0 Å². The molecule has 0 bridgehead atoms. The number of hydrogen-bond acceptors (Lipinski definition) is 3. The molecule has 0 aromatic carbocycles. The van der Waals surface area contributed by atoms with Crippen molar-refractivity contribution in [2.24, 2.45) is 11.7 Å². The van der Waals surface area contributed by atoms with Crippen LogP contribution in [0.15, 0.2) is 0 Å². The molecule has 0 aliphatic heterocycles. The number of carbonyl (C=O) groups excluding carboxylic acids is 1. The molecule has 1 unspecified atom stereocenters. The van der Waals surface area contributed by atoms with Crippen molar-refractivity contribution in [1.29, 1.82) is 0 Å². The van der Waals surface area contributed by atoms with Crippen molar-refractivity contribution in [3.63, 3.8) is 0 Å². The van der Waals surface area contributed by atoms with Gasteiger partial charge in [0.15, 0.2) is 0 Å². The van der Waals surface area contributed by atoms with E-state index in [9.17, 15) is 9.59 Å². The molecule has 15 heavy (non-hydrogen) atoms. The van der Waals surface area contributed by atoms with Crippen LogP contribution in [-0.2, 0) is 9.59 Å². The molecule has 1 aliphatic carbocycles. The summed E-state index contributed by atoms with van der Waals surface area (Å²) in [5.74, 6) is -0.672. The van der Waals surface area contributed by atoms with Crippen LogP contribution in [0.3, 0.4) is 0 Å². The summed E-state index contributed by atoms with van der Waals surface area (Å²) >= 11 is 0. The molecule has 0 aromatic rings. The molecule has 1 rings (SSSR count). The van der Waals surface area contributed by atoms with Gasteiger partial charge >= 0.3 is 5.97 Å². The summed E-state index contributed by atoms with van der Waals surface area (Å²) in [5, 5.41) is 11.1. The van der Waals surface area contributed by atoms with E-state index in [1.807, 2.05) is 0 Å². The van der Waals surface area contributed by atoms with Gasteiger partial charge in [-0.3, -0.25) is 9.59 Å². The van der Waals surface area contributed by atoms with Gasteiger partial charge < -0.3 is 16.2 Å². The summed E-state index contributed by atoms with van der Waals surface area (Å²) < 4.78 is 0. The summed E-state index contributed by atoms with van der Waals surface area (Å²) in [5.41, 5.74) is 5.39. The zero-order valence-electron chi connectivity index (χ0n) is 8.74. The van der Waals surface area contributed by atoms with Gasteiger partial charge in [0.2, 0.25) is 5.91 Å². The third-order valence-corrected chi connectivity index (χ3v) is 2.81. The lowest BCUT2D eigenvalue weighted by atomic mass is 9.83. The van der Waals surface area contributed by atoms with Crippen molar-refractivity contribution in [3.05, 3.63) is 0 Å². The fraction of sp³-hybridized carbons (Fsp3) is 0.800. The number of carboxylic acid groups (broad SMARTS) is 1. The van der Waals surface area contributed by atoms with E-state index in [0.29, 0.717) is 6.54 Å². The number of amides is 1. The average Bonchev–Trinajstić information content (AvgIpc) is 2.07. The highest BCUT2D eigenvalue weighted by Gasteiger charge is 2.19. The summed E-state index contributed by atoms with van der Waals surface area (Å²) in [6.45, 7) is 0.608. The van der Waals surface area contributed by atoms with Crippen LogP contribution < -0.4 is 11.1 Å². The van der Waals surface area contributed by atoms with Gasteiger partial charge in [-0.2, -0.15) is 0 Å². The Morgan fingerprint density at radius 3 is 2.60 bits per heavy atom. The summed E-state index contributed by atoms with van der Waals surface area (Å²) in [7, 11) is 0.